The minimum absolute atomic E-state index is 0.0273. The maximum atomic E-state index is 11.7. The normalized spacial score (nSPS) is 37.6. The quantitative estimate of drug-likeness (QED) is 0.623. The zero-order valence-corrected chi connectivity index (χ0v) is 10.9. The zero-order valence-electron chi connectivity index (χ0n) is 10.9. The highest BCUT2D eigenvalue weighted by atomic mass is 16.6. The Labute approximate surface area is 93.4 Å². The molecule has 0 aromatic carbocycles. The van der Waals surface area contributed by atoms with Crippen LogP contribution in [0.4, 0.5) is 0 Å². The van der Waals surface area contributed by atoms with Crippen molar-refractivity contribution < 1.29 is 9.53 Å². The predicted molar refractivity (Wildman–Crippen MR) is 61.5 cm³/mol. The molecule has 3 unspecified atom stereocenters. The maximum absolute atomic E-state index is 11.7. The van der Waals surface area contributed by atoms with E-state index in [-0.39, 0.29) is 22.9 Å². The van der Waals surface area contributed by atoms with Gasteiger partial charge in [0.15, 0.2) is 0 Å². The number of rotatable bonds is 1. The van der Waals surface area contributed by atoms with Gasteiger partial charge >= 0.3 is 5.97 Å². The topological polar surface area (TPSA) is 26.3 Å². The SMILES string of the molecule is CC1CC(C)(CC(C)(C)C)OC(=O)C1C. The van der Waals surface area contributed by atoms with E-state index in [0.717, 1.165) is 12.8 Å². The molecule has 0 amide bonds. The highest BCUT2D eigenvalue weighted by Crippen LogP contribution is 2.40. The molecule has 2 nitrogen and oxygen atoms in total. The highest BCUT2D eigenvalue weighted by molar-refractivity contribution is 5.73. The van der Waals surface area contributed by atoms with E-state index in [2.05, 4.69) is 34.6 Å². The molecule has 1 fully saturated rings. The minimum Gasteiger partial charge on any atom is -0.459 e. The van der Waals surface area contributed by atoms with Crippen molar-refractivity contribution in [3.63, 3.8) is 0 Å². The fourth-order valence-electron chi connectivity index (χ4n) is 2.70. The number of carbonyl (C=O) groups excluding carboxylic acids is 1. The second kappa shape index (κ2) is 3.80. The molecule has 0 aromatic rings. The Morgan fingerprint density at radius 2 is 1.93 bits per heavy atom. The lowest BCUT2D eigenvalue weighted by Crippen LogP contribution is -2.45. The largest absolute Gasteiger partial charge is 0.459 e. The second-order valence-electron chi connectivity index (χ2n) is 6.58. The Morgan fingerprint density at radius 1 is 1.40 bits per heavy atom. The third-order valence-electron chi connectivity index (χ3n) is 3.23. The molecule has 1 rings (SSSR count). The average molecular weight is 212 g/mol. The molecule has 15 heavy (non-hydrogen) atoms. The molecule has 2 heteroatoms. The molecule has 1 aliphatic heterocycles. The van der Waals surface area contributed by atoms with Gasteiger partial charge in [-0.15, -0.1) is 0 Å². The van der Waals surface area contributed by atoms with Crippen molar-refractivity contribution in [2.24, 2.45) is 17.3 Å². The van der Waals surface area contributed by atoms with E-state index < -0.39 is 0 Å². The van der Waals surface area contributed by atoms with Crippen LogP contribution in [-0.2, 0) is 9.53 Å². The molecule has 1 aliphatic rings. The van der Waals surface area contributed by atoms with Crippen LogP contribution >= 0.6 is 0 Å². The van der Waals surface area contributed by atoms with E-state index in [0.29, 0.717) is 5.92 Å². The van der Waals surface area contributed by atoms with Crippen molar-refractivity contribution >= 4 is 5.97 Å². The molecule has 88 valence electrons. The summed E-state index contributed by atoms with van der Waals surface area (Å²) < 4.78 is 5.59. The summed E-state index contributed by atoms with van der Waals surface area (Å²) in [7, 11) is 0. The number of hydrogen-bond donors (Lipinski definition) is 0. The standard InChI is InChI=1S/C13H24O2/c1-9-7-13(6,8-12(3,4)5)15-11(14)10(9)2/h9-10H,7-8H2,1-6H3. The molecular formula is C13H24O2. The van der Waals surface area contributed by atoms with Crippen molar-refractivity contribution in [3.8, 4) is 0 Å². The van der Waals surface area contributed by atoms with Crippen molar-refractivity contribution in [2.75, 3.05) is 0 Å². The molecule has 0 bridgehead atoms. The summed E-state index contributed by atoms with van der Waals surface area (Å²) in [6.07, 6.45) is 1.92. The smallest absolute Gasteiger partial charge is 0.309 e. The first-order valence-electron chi connectivity index (χ1n) is 5.86. The molecule has 0 saturated carbocycles. The third kappa shape index (κ3) is 3.22. The number of hydrogen-bond acceptors (Lipinski definition) is 2. The van der Waals surface area contributed by atoms with Gasteiger partial charge in [-0.1, -0.05) is 34.6 Å². The predicted octanol–water partition coefficient (Wildman–Crippen LogP) is 3.40. The molecule has 0 aliphatic carbocycles. The lowest BCUT2D eigenvalue weighted by atomic mass is 9.74. The number of esters is 1. The van der Waals surface area contributed by atoms with Crippen LogP contribution in [0, 0.1) is 17.3 Å². The van der Waals surface area contributed by atoms with Gasteiger partial charge in [-0.05, 0) is 31.1 Å². The summed E-state index contributed by atoms with van der Waals surface area (Å²) >= 11 is 0. The Morgan fingerprint density at radius 3 is 2.33 bits per heavy atom. The van der Waals surface area contributed by atoms with Crippen LogP contribution in [0.15, 0.2) is 0 Å². The van der Waals surface area contributed by atoms with E-state index >= 15 is 0 Å². The van der Waals surface area contributed by atoms with Crippen molar-refractivity contribution in [2.45, 2.75) is 60.0 Å². The fraction of sp³-hybridized carbons (Fsp3) is 0.923. The Balaban J connectivity index is 2.75. The van der Waals surface area contributed by atoms with Gasteiger partial charge in [0.25, 0.3) is 0 Å². The molecule has 3 atom stereocenters. The molecule has 0 spiro atoms. The van der Waals surface area contributed by atoms with Gasteiger partial charge < -0.3 is 4.74 Å². The molecular weight excluding hydrogens is 188 g/mol. The second-order valence-corrected chi connectivity index (χ2v) is 6.58. The summed E-state index contributed by atoms with van der Waals surface area (Å²) in [6, 6.07) is 0. The molecule has 1 saturated heterocycles. The first kappa shape index (κ1) is 12.5. The van der Waals surface area contributed by atoms with Gasteiger partial charge in [0, 0.05) is 0 Å². The van der Waals surface area contributed by atoms with E-state index in [1.54, 1.807) is 0 Å². The van der Waals surface area contributed by atoms with Crippen LogP contribution in [0.5, 0.6) is 0 Å². The van der Waals surface area contributed by atoms with Crippen LogP contribution < -0.4 is 0 Å². The van der Waals surface area contributed by atoms with Gasteiger partial charge in [-0.2, -0.15) is 0 Å². The molecule has 0 radical (unpaired) electrons. The van der Waals surface area contributed by atoms with Crippen molar-refractivity contribution in [1.29, 1.82) is 0 Å². The Bertz CT molecular complexity index is 252. The van der Waals surface area contributed by atoms with Crippen LogP contribution in [0.3, 0.4) is 0 Å². The van der Waals surface area contributed by atoms with Crippen molar-refractivity contribution in [1.82, 2.24) is 0 Å². The van der Waals surface area contributed by atoms with Gasteiger partial charge in [-0.25, -0.2) is 0 Å². The first-order chi connectivity index (χ1) is 6.63. The van der Waals surface area contributed by atoms with E-state index in [9.17, 15) is 4.79 Å². The summed E-state index contributed by atoms with van der Waals surface area (Å²) in [5, 5.41) is 0. The summed E-state index contributed by atoms with van der Waals surface area (Å²) in [4.78, 5) is 11.7. The Hall–Kier alpha value is -0.530. The van der Waals surface area contributed by atoms with E-state index in [1.807, 2.05) is 6.92 Å². The number of carbonyl (C=O) groups is 1. The zero-order chi connectivity index (χ0) is 11.9. The number of ether oxygens (including phenoxy) is 1. The van der Waals surface area contributed by atoms with E-state index in [4.69, 9.17) is 4.74 Å². The fourth-order valence-corrected chi connectivity index (χ4v) is 2.70. The lowest BCUT2D eigenvalue weighted by molar-refractivity contribution is -0.180. The van der Waals surface area contributed by atoms with Crippen LogP contribution in [0.1, 0.15) is 54.4 Å². The minimum atomic E-state index is -0.263. The average Bonchev–Trinajstić information content (AvgIpc) is 1.95. The van der Waals surface area contributed by atoms with Gasteiger partial charge in [0.2, 0.25) is 0 Å². The van der Waals surface area contributed by atoms with Gasteiger partial charge in [-0.3, -0.25) is 4.79 Å². The molecule has 1 heterocycles. The van der Waals surface area contributed by atoms with Crippen LogP contribution in [-0.4, -0.2) is 11.6 Å². The van der Waals surface area contributed by atoms with E-state index in [1.165, 1.54) is 0 Å². The lowest BCUT2D eigenvalue weighted by Gasteiger charge is -2.42. The number of cyclic esters (lactones) is 1. The van der Waals surface area contributed by atoms with Gasteiger partial charge in [0.05, 0.1) is 5.92 Å². The maximum Gasteiger partial charge on any atom is 0.309 e. The Kier molecular flexibility index (Phi) is 3.18. The molecule has 0 aromatic heterocycles. The first-order valence-corrected chi connectivity index (χ1v) is 5.86. The van der Waals surface area contributed by atoms with Crippen molar-refractivity contribution in [3.05, 3.63) is 0 Å². The monoisotopic (exact) mass is 212 g/mol. The third-order valence-corrected chi connectivity index (χ3v) is 3.23. The highest BCUT2D eigenvalue weighted by Gasteiger charge is 2.42. The summed E-state index contributed by atoms with van der Waals surface area (Å²) in [5.41, 5.74) is -0.0589. The van der Waals surface area contributed by atoms with Gasteiger partial charge in [0.1, 0.15) is 5.60 Å². The molecule has 0 N–H and O–H groups in total. The summed E-state index contributed by atoms with van der Waals surface area (Å²) in [5.74, 6) is 0.456. The van der Waals surface area contributed by atoms with Crippen LogP contribution in [0.2, 0.25) is 0 Å². The van der Waals surface area contributed by atoms with Crippen LogP contribution in [0.25, 0.3) is 0 Å². The summed E-state index contributed by atoms with van der Waals surface area (Å²) in [6.45, 7) is 12.7.